The van der Waals surface area contributed by atoms with E-state index >= 15 is 0 Å². The number of hydrogen-bond donors (Lipinski definition) is 2. The summed E-state index contributed by atoms with van der Waals surface area (Å²) in [7, 11) is -0.130. The van der Waals surface area contributed by atoms with Crippen LogP contribution >= 0.6 is 11.6 Å². The van der Waals surface area contributed by atoms with Crippen LogP contribution in [0.3, 0.4) is 0 Å². The standard InChI is InChI=1S/C13H21ClFN3O2S/c1-13(2,18(3)4)8-17-21(19,20)10-5-9(7-16)12(14)11(15)6-10/h5-6,17H,7-8,16H2,1-4H3. The van der Waals surface area contributed by atoms with Gasteiger partial charge in [-0.3, -0.25) is 0 Å². The first kappa shape index (κ1) is 18.3. The van der Waals surface area contributed by atoms with E-state index < -0.39 is 15.8 Å². The number of benzene rings is 1. The van der Waals surface area contributed by atoms with Crippen LogP contribution in [-0.4, -0.2) is 39.5 Å². The van der Waals surface area contributed by atoms with Crippen molar-refractivity contribution in [2.24, 2.45) is 5.73 Å². The average Bonchev–Trinajstić information content (AvgIpc) is 2.39. The second-order valence-electron chi connectivity index (χ2n) is 5.61. The predicted octanol–water partition coefficient (Wildman–Crippen LogP) is 1.56. The normalized spacial score (nSPS) is 13.0. The molecule has 0 aromatic heterocycles. The smallest absolute Gasteiger partial charge is 0.240 e. The molecule has 0 aliphatic rings. The summed E-state index contributed by atoms with van der Waals surface area (Å²) in [5.41, 5.74) is 5.32. The van der Waals surface area contributed by atoms with Gasteiger partial charge in [0.15, 0.2) is 0 Å². The van der Waals surface area contributed by atoms with E-state index in [9.17, 15) is 12.8 Å². The Bertz CT molecular complexity index is 618. The fraction of sp³-hybridized carbons (Fsp3) is 0.538. The molecule has 0 saturated carbocycles. The lowest BCUT2D eigenvalue weighted by Crippen LogP contribution is -2.48. The van der Waals surface area contributed by atoms with Gasteiger partial charge in [0.2, 0.25) is 10.0 Å². The van der Waals surface area contributed by atoms with Gasteiger partial charge in [-0.15, -0.1) is 0 Å². The molecule has 0 atom stereocenters. The van der Waals surface area contributed by atoms with Gasteiger partial charge in [-0.1, -0.05) is 11.6 Å². The highest BCUT2D eigenvalue weighted by molar-refractivity contribution is 7.89. The summed E-state index contributed by atoms with van der Waals surface area (Å²) in [6.45, 7) is 3.93. The molecule has 3 N–H and O–H groups in total. The van der Waals surface area contributed by atoms with Crippen LogP contribution in [0.25, 0.3) is 0 Å². The number of rotatable bonds is 6. The van der Waals surface area contributed by atoms with Gasteiger partial charge in [0.25, 0.3) is 0 Å². The molecule has 0 heterocycles. The van der Waals surface area contributed by atoms with Crippen molar-refractivity contribution in [3.63, 3.8) is 0 Å². The van der Waals surface area contributed by atoms with E-state index in [1.807, 2.05) is 32.8 Å². The topological polar surface area (TPSA) is 75.4 Å². The van der Waals surface area contributed by atoms with Crippen LogP contribution in [0.2, 0.25) is 5.02 Å². The zero-order valence-corrected chi connectivity index (χ0v) is 14.1. The average molecular weight is 338 g/mol. The first-order chi connectivity index (χ1) is 9.51. The third kappa shape index (κ3) is 4.37. The molecule has 1 aromatic carbocycles. The Kier molecular flexibility index (Phi) is 5.74. The molecule has 0 radical (unpaired) electrons. The summed E-state index contributed by atoms with van der Waals surface area (Å²) in [5.74, 6) is -0.799. The number of hydrogen-bond acceptors (Lipinski definition) is 4. The van der Waals surface area contributed by atoms with Crippen molar-refractivity contribution >= 4 is 21.6 Å². The zero-order valence-electron chi connectivity index (χ0n) is 12.6. The molecular formula is C13H21ClFN3O2S. The Labute approximate surface area is 130 Å². The summed E-state index contributed by atoms with van der Waals surface area (Å²) < 4.78 is 40.7. The molecule has 0 saturated heterocycles. The van der Waals surface area contributed by atoms with Crippen molar-refractivity contribution in [2.75, 3.05) is 20.6 Å². The fourth-order valence-corrected chi connectivity index (χ4v) is 2.89. The Morgan fingerprint density at radius 3 is 2.43 bits per heavy atom. The van der Waals surface area contributed by atoms with E-state index in [1.54, 1.807) is 0 Å². The lowest BCUT2D eigenvalue weighted by molar-refractivity contribution is 0.199. The summed E-state index contributed by atoms with van der Waals surface area (Å²) >= 11 is 5.73. The maximum absolute atomic E-state index is 13.7. The van der Waals surface area contributed by atoms with Crippen LogP contribution < -0.4 is 10.5 Å². The van der Waals surface area contributed by atoms with Crippen molar-refractivity contribution in [2.45, 2.75) is 30.8 Å². The van der Waals surface area contributed by atoms with Gasteiger partial charge in [-0.05, 0) is 45.6 Å². The monoisotopic (exact) mass is 337 g/mol. The second kappa shape index (κ2) is 6.58. The van der Waals surface area contributed by atoms with Crippen LogP contribution in [0.1, 0.15) is 19.4 Å². The molecule has 0 bridgehead atoms. The van der Waals surface area contributed by atoms with Crippen LogP contribution in [0, 0.1) is 5.82 Å². The van der Waals surface area contributed by atoms with E-state index in [2.05, 4.69) is 4.72 Å². The molecule has 0 fully saturated rings. The van der Waals surface area contributed by atoms with Crippen molar-refractivity contribution < 1.29 is 12.8 Å². The molecule has 0 amide bonds. The van der Waals surface area contributed by atoms with Crippen molar-refractivity contribution in [1.29, 1.82) is 0 Å². The second-order valence-corrected chi connectivity index (χ2v) is 7.76. The third-order valence-corrected chi connectivity index (χ3v) is 5.32. The first-order valence-corrected chi connectivity index (χ1v) is 8.22. The number of sulfonamides is 1. The highest BCUT2D eigenvalue weighted by Crippen LogP contribution is 2.24. The minimum absolute atomic E-state index is 0.0394. The summed E-state index contributed by atoms with van der Waals surface area (Å²) in [6, 6.07) is 2.18. The summed E-state index contributed by atoms with van der Waals surface area (Å²) in [4.78, 5) is 1.71. The lowest BCUT2D eigenvalue weighted by atomic mass is 10.1. The molecule has 1 rings (SSSR count). The Hall–Kier alpha value is -0.730. The van der Waals surface area contributed by atoms with Crippen LogP contribution in [0.4, 0.5) is 4.39 Å². The van der Waals surface area contributed by atoms with E-state index in [4.69, 9.17) is 17.3 Å². The largest absolute Gasteiger partial charge is 0.326 e. The Morgan fingerprint density at radius 2 is 1.95 bits per heavy atom. The van der Waals surface area contributed by atoms with E-state index in [-0.39, 0.29) is 34.1 Å². The maximum atomic E-state index is 13.7. The van der Waals surface area contributed by atoms with Crippen molar-refractivity contribution in [1.82, 2.24) is 9.62 Å². The molecule has 0 unspecified atom stereocenters. The Morgan fingerprint density at radius 1 is 1.38 bits per heavy atom. The van der Waals surface area contributed by atoms with Gasteiger partial charge >= 0.3 is 0 Å². The molecule has 0 aliphatic carbocycles. The quantitative estimate of drug-likeness (QED) is 0.826. The number of nitrogens with two attached hydrogens (primary N) is 1. The van der Waals surface area contributed by atoms with E-state index in [0.29, 0.717) is 0 Å². The summed E-state index contributed by atoms with van der Waals surface area (Å²) in [6.07, 6.45) is 0. The molecule has 1 aromatic rings. The fourth-order valence-electron chi connectivity index (χ4n) is 1.44. The zero-order chi connectivity index (χ0) is 16.4. The first-order valence-electron chi connectivity index (χ1n) is 6.36. The Balaban J connectivity index is 3.07. The molecular weight excluding hydrogens is 317 g/mol. The van der Waals surface area contributed by atoms with Gasteiger partial charge in [0.05, 0.1) is 9.92 Å². The molecule has 0 spiro atoms. The maximum Gasteiger partial charge on any atom is 0.240 e. The van der Waals surface area contributed by atoms with Gasteiger partial charge in [-0.25, -0.2) is 17.5 Å². The minimum atomic E-state index is -3.83. The van der Waals surface area contributed by atoms with Gasteiger partial charge in [0, 0.05) is 18.6 Å². The van der Waals surface area contributed by atoms with Gasteiger partial charge in [-0.2, -0.15) is 0 Å². The van der Waals surface area contributed by atoms with E-state index in [1.165, 1.54) is 6.07 Å². The predicted molar refractivity (Wildman–Crippen MR) is 82.3 cm³/mol. The lowest BCUT2D eigenvalue weighted by Gasteiger charge is -2.32. The molecule has 0 aliphatic heterocycles. The molecule has 5 nitrogen and oxygen atoms in total. The van der Waals surface area contributed by atoms with Gasteiger partial charge in [0.1, 0.15) is 5.82 Å². The summed E-state index contributed by atoms with van der Waals surface area (Å²) in [5, 5.41) is -0.148. The number of nitrogens with zero attached hydrogens (tertiary/aromatic N) is 1. The number of halogens is 2. The van der Waals surface area contributed by atoms with Crippen molar-refractivity contribution in [3.05, 3.63) is 28.5 Å². The third-order valence-electron chi connectivity index (χ3n) is 3.51. The van der Waals surface area contributed by atoms with Crippen LogP contribution in [-0.2, 0) is 16.6 Å². The van der Waals surface area contributed by atoms with Crippen LogP contribution in [0.5, 0.6) is 0 Å². The number of nitrogens with one attached hydrogen (secondary N) is 1. The van der Waals surface area contributed by atoms with Crippen molar-refractivity contribution in [3.8, 4) is 0 Å². The molecule has 120 valence electrons. The molecule has 21 heavy (non-hydrogen) atoms. The van der Waals surface area contributed by atoms with Gasteiger partial charge < -0.3 is 10.6 Å². The minimum Gasteiger partial charge on any atom is -0.326 e. The number of likely N-dealkylation sites (N-methyl/N-ethyl adjacent to an activating group) is 1. The highest BCUT2D eigenvalue weighted by atomic mass is 35.5. The SMILES string of the molecule is CN(C)C(C)(C)CNS(=O)(=O)c1cc(F)c(Cl)c(CN)c1. The highest BCUT2D eigenvalue weighted by Gasteiger charge is 2.25. The molecule has 8 heteroatoms. The van der Waals surface area contributed by atoms with E-state index in [0.717, 1.165) is 6.07 Å². The van der Waals surface area contributed by atoms with Crippen LogP contribution in [0.15, 0.2) is 17.0 Å².